The number of benzene rings is 2. The van der Waals surface area contributed by atoms with E-state index in [0.29, 0.717) is 28.4 Å². The first-order chi connectivity index (χ1) is 15.5. The lowest BCUT2D eigenvalue weighted by atomic mass is 10.1. The van der Waals surface area contributed by atoms with Crippen molar-refractivity contribution in [3.63, 3.8) is 0 Å². The molecule has 32 heavy (non-hydrogen) atoms. The van der Waals surface area contributed by atoms with E-state index >= 15 is 0 Å². The summed E-state index contributed by atoms with van der Waals surface area (Å²) in [6.45, 7) is 2.41. The Kier molecular flexibility index (Phi) is 5.59. The maximum atomic E-state index is 13.6. The zero-order valence-corrected chi connectivity index (χ0v) is 19.6. The number of carbonyl (C=O) groups is 2. The van der Waals surface area contributed by atoms with Gasteiger partial charge in [-0.25, -0.2) is 0 Å². The fraction of sp³-hybridized carbons (Fsp3) is 0.120. The molecule has 0 saturated carbocycles. The highest BCUT2D eigenvalue weighted by molar-refractivity contribution is 7.10. The van der Waals surface area contributed by atoms with Crippen LogP contribution in [0.4, 0.5) is 11.4 Å². The number of para-hydroxylation sites is 1. The Bertz CT molecular complexity index is 1340. The number of hydrogen-bond acceptors (Lipinski definition) is 4. The molecular weight excluding hydrogens is 460 g/mol. The smallest absolute Gasteiger partial charge is 0.260 e. The third kappa shape index (κ3) is 3.86. The second kappa shape index (κ2) is 8.54. The van der Waals surface area contributed by atoms with Gasteiger partial charge in [0, 0.05) is 27.5 Å². The van der Waals surface area contributed by atoms with Gasteiger partial charge >= 0.3 is 0 Å². The van der Waals surface area contributed by atoms with Crippen molar-refractivity contribution in [2.45, 2.75) is 19.9 Å². The Balaban J connectivity index is 1.44. The number of carbonyl (C=O) groups excluding carboxylic acids is 2. The lowest BCUT2D eigenvalue weighted by Gasteiger charge is -2.24. The van der Waals surface area contributed by atoms with Crippen molar-refractivity contribution in [2.24, 2.45) is 0 Å². The van der Waals surface area contributed by atoms with E-state index in [0.717, 1.165) is 28.1 Å². The molecule has 0 radical (unpaired) electrons. The van der Waals surface area contributed by atoms with Crippen molar-refractivity contribution in [3.8, 4) is 0 Å². The second-order valence-electron chi connectivity index (χ2n) is 7.61. The Morgan fingerprint density at radius 2 is 1.78 bits per heavy atom. The molecule has 0 spiro atoms. The van der Waals surface area contributed by atoms with Gasteiger partial charge in [-0.05, 0) is 65.2 Å². The van der Waals surface area contributed by atoms with Crippen molar-refractivity contribution >= 4 is 57.5 Å². The number of amides is 2. The molecule has 1 N–H and O–H groups in total. The van der Waals surface area contributed by atoms with Gasteiger partial charge in [0.05, 0.1) is 22.7 Å². The molecule has 0 atom stereocenters. The number of anilines is 2. The summed E-state index contributed by atoms with van der Waals surface area (Å²) in [6, 6.07) is 16.9. The number of halogens is 1. The highest BCUT2D eigenvalue weighted by Crippen LogP contribution is 2.35. The first-order valence-electron chi connectivity index (χ1n) is 10.1. The molecule has 0 unspecified atom stereocenters. The van der Waals surface area contributed by atoms with Gasteiger partial charge in [0.25, 0.3) is 11.8 Å². The highest BCUT2D eigenvalue weighted by Gasteiger charge is 2.26. The number of hydrogen-bond donors (Lipinski definition) is 1. The summed E-state index contributed by atoms with van der Waals surface area (Å²) >= 11 is 9.78. The van der Waals surface area contributed by atoms with E-state index in [4.69, 9.17) is 11.6 Å². The third-order valence-corrected chi connectivity index (χ3v) is 7.73. The highest BCUT2D eigenvalue weighted by atomic mass is 35.5. The molecular formula is C25H19ClN2O2S2. The molecule has 1 aliphatic rings. The van der Waals surface area contributed by atoms with Crippen LogP contribution in [0.3, 0.4) is 0 Å². The van der Waals surface area contributed by atoms with Gasteiger partial charge in [0.15, 0.2) is 0 Å². The topological polar surface area (TPSA) is 49.4 Å². The standard InChI is InChI=1S/C25H19ClN2O2S2/c1-15-19(9-11-31-15)24(29)27-18-6-7-20(21(26)13-18)25(30)28-14-17-8-10-32-23(17)12-16-4-2-3-5-22(16)28/h2-11,13H,12,14H2,1H3,(H,27,29). The molecule has 2 aromatic carbocycles. The molecule has 4 aromatic rings. The Hall–Kier alpha value is -2.93. The van der Waals surface area contributed by atoms with E-state index in [2.05, 4.69) is 22.8 Å². The maximum absolute atomic E-state index is 13.6. The third-order valence-electron chi connectivity index (χ3n) is 5.61. The predicted octanol–water partition coefficient (Wildman–Crippen LogP) is 6.77. The summed E-state index contributed by atoms with van der Waals surface area (Å²) in [5, 5.41) is 7.13. The van der Waals surface area contributed by atoms with Crippen LogP contribution < -0.4 is 10.2 Å². The van der Waals surface area contributed by atoms with Crippen molar-refractivity contribution in [1.82, 2.24) is 0 Å². The molecule has 0 bridgehead atoms. The van der Waals surface area contributed by atoms with Crippen LogP contribution in [-0.2, 0) is 13.0 Å². The van der Waals surface area contributed by atoms with E-state index in [1.807, 2.05) is 30.5 Å². The number of thiophene rings is 2. The molecule has 160 valence electrons. The van der Waals surface area contributed by atoms with E-state index < -0.39 is 0 Å². The summed E-state index contributed by atoms with van der Waals surface area (Å²) in [4.78, 5) is 30.1. The van der Waals surface area contributed by atoms with Gasteiger partial charge in [-0.1, -0.05) is 29.8 Å². The van der Waals surface area contributed by atoms with Crippen LogP contribution in [0.25, 0.3) is 0 Å². The van der Waals surface area contributed by atoms with Gasteiger partial charge in [-0.15, -0.1) is 22.7 Å². The van der Waals surface area contributed by atoms with Crippen LogP contribution in [0.5, 0.6) is 0 Å². The number of aryl methyl sites for hydroxylation is 1. The van der Waals surface area contributed by atoms with Gasteiger partial charge in [0.2, 0.25) is 0 Å². The quantitative estimate of drug-likeness (QED) is 0.353. The fourth-order valence-corrected chi connectivity index (χ4v) is 5.80. The average molecular weight is 479 g/mol. The first kappa shape index (κ1) is 20.9. The van der Waals surface area contributed by atoms with E-state index in [1.54, 1.807) is 40.5 Å². The lowest BCUT2D eigenvalue weighted by molar-refractivity contribution is 0.0984. The van der Waals surface area contributed by atoms with Crippen molar-refractivity contribution in [3.05, 3.63) is 102 Å². The Morgan fingerprint density at radius 3 is 2.56 bits per heavy atom. The molecule has 0 aliphatic carbocycles. The zero-order valence-electron chi connectivity index (χ0n) is 17.2. The molecule has 7 heteroatoms. The van der Waals surface area contributed by atoms with Gasteiger partial charge < -0.3 is 10.2 Å². The predicted molar refractivity (Wildman–Crippen MR) is 133 cm³/mol. The van der Waals surface area contributed by atoms with Crippen LogP contribution in [0.1, 0.15) is 41.6 Å². The van der Waals surface area contributed by atoms with Crippen molar-refractivity contribution in [1.29, 1.82) is 0 Å². The number of rotatable bonds is 3. The van der Waals surface area contributed by atoms with Crippen molar-refractivity contribution in [2.75, 3.05) is 10.2 Å². The SMILES string of the molecule is Cc1sccc1C(=O)Nc1ccc(C(=O)N2Cc3ccsc3Cc3ccccc32)c(Cl)c1. The zero-order chi connectivity index (χ0) is 22.2. The van der Waals surface area contributed by atoms with E-state index in [-0.39, 0.29) is 11.8 Å². The molecule has 2 aromatic heterocycles. The summed E-state index contributed by atoms with van der Waals surface area (Å²) in [7, 11) is 0. The van der Waals surface area contributed by atoms with Crippen LogP contribution in [0.15, 0.2) is 65.4 Å². The minimum atomic E-state index is -0.190. The lowest BCUT2D eigenvalue weighted by Crippen LogP contribution is -2.30. The number of fused-ring (bicyclic) bond motifs is 2. The van der Waals surface area contributed by atoms with Crippen molar-refractivity contribution < 1.29 is 9.59 Å². The number of nitrogens with one attached hydrogen (secondary N) is 1. The van der Waals surface area contributed by atoms with Crippen LogP contribution in [0.2, 0.25) is 5.02 Å². The van der Waals surface area contributed by atoms with E-state index in [1.165, 1.54) is 16.2 Å². The molecule has 4 nitrogen and oxygen atoms in total. The monoisotopic (exact) mass is 478 g/mol. The molecule has 0 fully saturated rings. The number of nitrogens with zero attached hydrogens (tertiary/aromatic N) is 1. The summed E-state index contributed by atoms with van der Waals surface area (Å²) < 4.78 is 0. The molecule has 2 amide bonds. The Morgan fingerprint density at radius 1 is 0.969 bits per heavy atom. The normalized spacial score (nSPS) is 12.6. The molecule has 0 saturated heterocycles. The van der Waals surface area contributed by atoms with Gasteiger partial charge in [0.1, 0.15) is 0 Å². The fourth-order valence-electron chi connectivity index (χ4n) is 3.93. The average Bonchev–Trinajstić information content (AvgIpc) is 3.37. The summed E-state index contributed by atoms with van der Waals surface area (Å²) in [5.74, 6) is -0.349. The minimum Gasteiger partial charge on any atom is -0.322 e. The van der Waals surface area contributed by atoms with Crippen LogP contribution >= 0.6 is 34.3 Å². The van der Waals surface area contributed by atoms with Gasteiger partial charge in [-0.3, -0.25) is 9.59 Å². The summed E-state index contributed by atoms with van der Waals surface area (Å²) in [6.07, 6.45) is 0.813. The van der Waals surface area contributed by atoms with E-state index in [9.17, 15) is 9.59 Å². The second-order valence-corrected chi connectivity index (χ2v) is 10.1. The molecule has 5 rings (SSSR count). The Labute approximate surface area is 199 Å². The molecule has 3 heterocycles. The van der Waals surface area contributed by atoms with Gasteiger partial charge in [-0.2, -0.15) is 0 Å². The summed E-state index contributed by atoms with van der Waals surface area (Å²) in [5.41, 5.74) is 4.78. The van der Waals surface area contributed by atoms with Crippen LogP contribution in [-0.4, -0.2) is 11.8 Å². The maximum Gasteiger partial charge on any atom is 0.260 e. The first-order valence-corrected chi connectivity index (χ1v) is 12.2. The van der Waals surface area contributed by atoms with Crippen LogP contribution in [0, 0.1) is 6.92 Å². The largest absolute Gasteiger partial charge is 0.322 e. The minimum absolute atomic E-state index is 0.159. The molecule has 1 aliphatic heterocycles.